The van der Waals surface area contributed by atoms with Gasteiger partial charge in [-0.15, -0.1) is 0 Å². The molecule has 0 aromatic heterocycles. The summed E-state index contributed by atoms with van der Waals surface area (Å²) in [5.74, 6) is -0.333. The van der Waals surface area contributed by atoms with Crippen LogP contribution in [0.5, 0.6) is 0 Å². The van der Waals surface area contributed by atoms with E-state index in [1.54, 1.807) is 21.0 Å². The normalized spacial score (nSPS) is 11.5. The SMILES string of the molecule is CCN(C)c1ccccc1NC(=O)N(C)C[C@H](C)C(=O)NC. The highest BCUT2D eigenvalue weighted by Gasteiger charge is 2.18. The predicted molar refractivity (Wildman–Crippen MR) is 90.3 cm³/mol. The third-order valence-electron chi connectivity index (χ3n) is 3.62. The highest BCUT2D eigenvalue weighted by atomic mass is 16.2. The van der Waals surface area contributed by atoms with E-state index in [2.05, 4.69) is 22.5 Å². The minimum Gasteiger partial charge on any atom is -0.373 e. The highest BCUT2D eigenvalue weighted by Crippen LogP contribution is 2.24. The summed E-state index contributed by atoms with van der Waals surface area (Å²) in [5.41, 5.74) is 1.72. The second-order valence-corrected chi connectivity index (χ2v) is 5.36. The van der Waals surface area contributed by atoms with Crippen LogP contribution in [0.4, 0.5) is 16.2 Å². The Bertz CT molecular complexity index is 519. The van der Waals surface area contributed by atoms with Crippen LogP contribution in [0.25, 0.3) is 0 Å². The summed E-state index contributed by atoms with van der Waals surface area (Å²) in [5, 5.41) is 5.49. The molecule has 2 N–H and O–H groups in total. The van der Waals surface area contributed by atoms with E-state index in [0.717, 1.165) is 17.9 Å². The minimum atomic E-state index is -0.255. The zero-order valence-electron chi connectivity index (χ0n) is 14.0. The molecular weight excluding hydrogens is 280 g/mol. The van der Waals surface area contributed by atoms with Crippen LogP contribution in [-0.2, 0) is 4.79 Å². The molecule has 3 amide bonds. The first-order valence-electron chi connectivity index (χ1n) is 7.44. The van der Waals surface area contributed by atoms with Gasteiger partial charge < -0.3 is 20.4 Å². The fraction of sp³-hybridized carbons (Fsp3) is 0.500. The molecule has 0 radical (unpaired) electrons. The van der Waals surface area contributed by atoms with E-state index >= 15 is 0 Å². The van der Waals surface area contributed by atoms with Gasteiger partial charge in [0.1, 0.15) is 0 Å². The van der Waals surface area contributed by atoms with Crippen LogP contribution >= 0.6 is 0 Å². The highest BCUT2D eigenvalue weighted by molar-refractivity contribution is 5.93. The van der Waals surface area contributed by atoms with Crippen molar-refractivity contribution in [1.82, 2.24) is 10.2 Å². The molecule has 22 heavy (non-hydrogen) atoms. The Hall–Kier alpha value is -2.24. The number of carbonyl (C=O) groups excluding carboxylic acids is 2. The number of hydrogen-bond acceptors (Lipinski definition) is 3. The Morgan fingerprint density at radius 3 is 2.45 bits per heavy atom. The van der Waals surface area contributed by atoms with Crippen LogP contribution in [0.2, 0.25) is 0 Å². The Balaban J connectivity index is 2.74. The molecule has 6 heteroatoms. The van der Waals surface area contributed by atoms with Crippen molar-refractivity contribution in [2.24, 2.45) is 5.92 Å². The summed E-state index contributed by atoms with van der Waals surface area (Å²) >= 11 is 0. The standard InChI is InChI=1S/C16H26N4O2/c1-6-19(4)14-10-8-7-9-13(14)18-16(22)20(5)11-12(2)15(21)17-3/h7-10,12H,6,11H2,1-5H3,(H,17,21)(H,18,22)/t12-/m0/s1. The van der Waals surface area contributed by atoms with E-state index in [4.69, 9.17) is 0 Å². The molecule has 1 atom stereocenters. The molecule has 122 valence electrons. The first kappa shape index (κ1) is 17.8. The summed E-state index contributed by atoms with van der Waals surface area (Å²) < 4.78 is 0. The van der Waals surface area contributed by atoms with E-state index in [1.807, 2.05) is 31.3 Å². The largest absolute Gasteiger partial charge is 0.373 e. The summed E-state index contributed by atoms with van der Waals surface area (Å²) in [7, 11) is 5.25. The van der Waals surface area contributed by atoms with Gasteiger partial charge in [0.15, 0.2) is 0 Å². The van der Waals surface area contributed by atoms with Gasteiger partial charge in [0.2, 0.25) is 5.91 Å². The zero-order valence-corrected chi connectivity index (χ0v) is 14.0. The number of hydrogen-bond donors (Lipinski definition) is 2. The van der Waals surface area contributed by atoms with Gasteiger partial charge in [-0.25, -0.2) is 4.79 Å². The van der Waals surface area contributed by atoms with Crippen molar-refractivity contribution >= 4 is 23.3 Å². The molecule has 1 aromatic carbocycles. The lowest BCUT2D eigenvalue weighted by Gasteiger charge is -2.24. The number of rotatable bonds is 6. The quantitative estimate of drug-likeness (QED) is 0.845. The number of nitrogens with one attached hydrogen (secondary N) is 2. The summed E-state index contributed by atoms with van der Waals surface area (Å²) in [6.45, 7) is 5.05. The van der Waals surface area contributed by atoms with Crippen LogP contribution in [0.3, 0.4) is 0 Å². The fourth-order valence-electron chi connectivity index (χ4n) is 2.12. The van der Waals surface area contributed by atoms with Crippen LogP contribution < -0.4 is 15.5 Å². The Morgan fingerprint density at radius 1 is 1.23 bits per heavy atom. The minimum absolute atomic E-state index is 0.0780. The van der Waals surface area contributed by atoms with Crippen LogP contribution in [0.1, 0.15) is 13.8 Å². The molecule has 0 aliphatic heterocycles. The molecule has 0 aliphatic rings. The van der Waals surface area contributed by atoms with Crippen molar-refractivity contribution < 1.29 is 9.59 Å². The third kappa shape index (κ3) is 4.65. The predicted octanol–water partition coefficient (Wildman–Crippen LogP) is 1.99. The number of amides is 3. The van der Waals surface area contributed by atoms with E-state index in [1.165, 1.54) is 4.90 Å². The van der Waals surface area contributed by atoms with Gasteiger partial charge in [-0.2, -0.15) is 0 Å². The number of benzene rings is 1. The molecule has 1 aromatic rings. The van der Waals surface area contributed by atoms with Crippen molar-refractivity contribution in [1.29, 1.82) is 0 Å². The molecule has 0 saturated heterocycles. The maximum atomic E-state index is 12.3. The molecule has 0 saturated carbocycles. The van der Waals surface area contributed by atoms with Gasteiger partial charge in [-0.1, -0.05) is 19.1 Å². The first-order chi connectivity index (χ1) is 10.4. The molecule has 0 heterocycles. The van der Waals surface area contributed by atoms with Gasteiger partial charge in [0.05, 0.1) is 17.3 Å². The topological polar surface area (TPSA) is 64.7 Å². The number of para-hydroxylation sites is 2. The maximum Gasteiger partial charge on any atom is 0.321 e. The molecule has 0 unspecified atom stereocenters. The summed E-state index contributed by atoms with van der Waals surface area (Å²) in [4.78, 5) is 27.4. The average Bonchev–Trinajstić information content (AvgIpc) is 2.53. The van der Waals surface area contributed by atoms with E-state index in [9.17, 15) is 9.59 Å². The molecule has 0 spiro atoms. The number of urea groups is 1. The monoisotopic (exact) mass is 306 g/mol. The molecule has 1 rings (SSSR count). The van der Waals surface area contributed by atoms with Crippen LogP contribution in [-0.4, -0.2) is 51.1 Å². The second kappa shape index (κ2) is 8.26. The maximum absolute atomic E-state index is 12.3. The lowest BCUT2D eigenvalue weighted by molar-refractivity contribution is -0.124. The summed E-state index contributed by atoms with van der Waals surface area (Å²) in [6.07, 6.45) is 0. The lowest BCUT2D eigenvalue weighted by atomic mass is 10.1. The van der Waals surface area contributed by atoms with Crippen molar-refractivity contribution in [3.05, 3.63) is 24.3 Å². The second-order valence-electron chi connectivity index (χ2n) is 5.36. The van der Waals surface area contributed by atoms with Crippen molar-refractivity contribution in [2.75, 3.05) is 44.4 Å². The molecule has 0 bridgehead atoms. The van der Waals surface area contributed by atoms with Crippen molar-refractivity contribution in [3.63, 3.8) is 0 Å². The molecule has 0 fully saturated rings. The van der Waals surface area contributed by atoms with Gasteiger partial charge >= 0.3 is 6.03 Å². The summed E-state index contributed by atoms with van der Waals surface area (Å²) in [6, 6.07) is 7.43. The lowest BCUT2D eigenvalue weighted by Crippen LogP contribution is -2.39. The zero-order chi connectivity index (χ0) is 16.7. The van der Waals surface area contributed by atoms with Gasteiger partial charge in [-0.3, -0.25) is 4.79 Å². The number of nitrogens with zero attached hydrogens (tertiary/aromatic N) is 2. The van der Waals surface area contributed by atoms with E-state index in [0.29, 0.717) is 6.54 Å². The molecular formula is C16H26N4O2. The van der Waals surface area contributed by atoms with E-state index < -0.39 is 0 Å². The van der Waals surface area contributed by atoms with Gasteiger partial charge in [0.25, 0.3) is 0 Å². The van der Waals surface area contributed by atoms with Gasteiger partial charge in [-0.05, 0) is 19.1 Å². The van der Waals surface area contributed by atoms with Gasteiger partial charge in [0, 0.05) is 34.2 Å². The Kier molecular flexibility index (Phi) is 6.69. The average molecular weight is 306 g/mol. The smallest absolute Gasteiger partial charge is 0.321 e. The van der Waals surface area contributed by atoms with Crippen molar-refractivity contribution in [3.8, 4) is 0 Å². The molecule has 0 aliphatic carbocycles. The number of anilines is 2. The van der Waals surface area contributed by atoms with Crippen LogP contribution in [0.15, 0.2) is 24.3 Å². The van der Waals surface area contributed by atoms with E-state index in [-0.39, 0.29) is 17.9 Å². The fourth-order valence-corrected chi connectivity index (χ4v) is 2.12. The first-order valence-corrected chi connectivity index (χ1v) is 7.44. The Morgan fingerprint density at radius 2 is 1.86 bits per heavy atom. The number of carbonyl (C=O) groups is 2. The van der Waals surface area contributed by atoms with Crippen LogP contribution in [0, 0.1) is 5.92 Å². The third-order valence-corrected chi connectivity index (χ3v) is 3.62. The van der Waals surface area contributed by atoms with Crippen molar-refractivity contribution in [2.45, 2.75) is 13.8 Å². The molecule has 6 nitrogen and oxygen atoms in total. The Labute approximate surface area is 132 Å².